The molecule has 112 valence electrons. The Bertz CT molecular complexity index is 567. The zero-order valence-corrected chi connectivity index (χ0v) is 12.0. The SMILES string of the molecule is CCCCCCN1C(=O)[C@@H](C(=O)O)C(=O)c2ccccc21. The molecule has 0 saturated carbocycles. The van der Waals surface area contributed by atoms with Crippen LogP contribution in [0.5, 0.6) is 0 Å². The molecule has 0 fully saturated rings. The molecule has 0 aliphatic carbocycles. The van der Waals surface area contributed by atoms with Gasteiger partial charge in [0.2, 0.25) is 5.91 Å². The summed E-state index contributed by atoms with van der Waals surface area (Å²) in [5.41, 5.74) is 0.849. The van der Waals surface area contributed by atoms with E-state index in [-0.39, 0.29) is 0 Å². The third-order valence-electron chi connectivity index (χ3n) is 3.72. The Balaban J connectivity index is 2.29. The van der Waals surface area contributed by atoms with Gasteiger partial charge in [-0.3, -0.25) is 14.4 Å². The van der Waals surface area contributed by atoms with E-state index in [4.69, 9.17) is 5.11 Å². The van der Waals surface area contributed by atoms with Gasteiger partial charge in [0.15, 0.2) is 11.7 Å². The summed E-state index contributed by atoms with van der Waals surface area (Å²) in [6, 6.07) is 6.71. The number of amides is 1. The lowest BCUT2D eigenvalue weighted by molar-refractivity contribution is -0.144. The highest BCUT2D eigenvalue weighted by Gasteiger charge is 2.43. The van der Waals surface area contributed by atoms with Crippen LogP contribution in [0.3, 0.4) is 0 Å². The number of benzene rings is 1. The number of aliphatic carboxylic acids is 1. The molecule has 0 aromatic heterocycles. The van der Waals surface area contributed by atoms with Crippen molar-refractivity contribution in [1.82, 2.24) is 0 Å². The van der Waals surface area contributed by atoms with Crippen LogP contribution in [-0.2, 0) is 9.59 Å². The molecule has 1 aliphatic rings. The third kappa shape index (κ3) is 2.96. The predicted molar refractivity (Wildman–Crippen MR) is 78.4 cm³/mol. The van der Waals surface area contributed by atoms with Gasteiger partial charge < -0.3 is 10.0 Å². The van der Waals surface area contributed by atoms with Crippen molar-refractivity contribution in [3.63, 3.8) is 0 Å². The summed E-state index contributed by atoms with van der Waals surface area (Å²) in [5.74, 6) is -4.22. The maximum absolute atomic E-state index is 12.3. The number of hydrogen-bond acceptors (Lipinski definition) is 3. The number of ketones is 1. The number of carboxylic acids is 1. The molecule has 1 N–H and O–H groups in total. The monoisotopic (exact) mass is 289 g/mol. The first-order valence-corrected chi connectivity index (χ1v) is 7.25. The first-order valence-electron chi connectivity index (χ1n) is 7.25. The largest absolute Gasteiger partial charge is 0.480 e. The molecule has 1 aromatic rings. The molecule has 5 nitrogen and oxygen atoms in total. The zero-order valence-electron chi connectivity index (χ0n) is 12.0. The van der Waals surface area contributed by atoms with E-state index in [2.05, 4.69) is 6.92 Å². The van der Waals surface area contributed by atoms with E-state index < -0.39 is 23.6 Å². The Hall–Kier alpha value is -2.17. The van der Waals surface area contributed by atoms with E-state index >= 15 is 0 Å². The summed E-state index contributed by atoms with van der Waals surface area (Å²) in [6.07, 6.45) is 3.94. The van der Waals surface area contributed by atoms with Gasteiger partial charge in [0, 0.05) is 12.1 Å². The van der Waals surface area contributed by atoms with Crippen LogP contribution in [0.25, 0.3) is 0 Å². The fraction of sp³-hybridized carbons (Fsp3) is 0.438. The van der Waals surface area contributed by atoms with E-state index in [9.17, 15) is 14.4 Å². The van der Waals surface area contributed by atoms with Gasteiger partial charge >= 0.3 is 5.97 Å². The average molecular weight is 289 g/mol. The Kier molecular flexibility index (Phi) is 4.73. The molecule has 1 heterocycles. The molecule has 0 spiro atoms. The molecular weight excluding hydrogens is 270 g/mol. The van der Waals surface area contributed by atoms with Crippen molar-refractivity contribution >= 4 is 23.3 Å². The normalized spacial score (nSPS) is 17.8. The van der Waals surface area contributed by atoms with Crippen molar-refractivity contribution in [2.24, 2.45) is 5.92 Å². The summed E-state index contributed by atoms with van der Waals surface area (Å²) in [4.78, 5) is 37.2. The van der Waals surface area contributed by atoms with Crippen molar-refractivity contribution in [1.29, 1.82) is 0 Å². The maximum Gasteiger partial charge on any atom is 0.324 e. The van der Waals surface area contributed by atoms with Crippen molar-refractivity contribution in [3.05, 3.63) is 29.8 Å². The van der Waals surface area contributed by atoms with Crippen LogP contribution in [0.2, 0.25) is 0 Å². The number of unbranched alkanes of at least 4 members (excludes halogenated alkanes) is 3. The lowest BCUT2D eigenvalue weighted by Gasteiger charge is -2.31. The van der Waals surface area contributed by atoms with Gasteiger partial charge in [-0.25, -0.2) is 0 Å². The molecule has 0 bridgehead atoms. The lowest BCUT2D eigenvalue weighted by Crippen LogP contribution is -2.48. The molecule has 1 amide bonds. The highest BCUT2D eigenvalue weighted by molar-refractivity contribution is 6.30. The second kappa shape index (κ2) is 6.52. The van der Waals surface area contributed by atoms with Gasteiger partial charge in [0.1, 0.15) is 0 Å². The quantitative estimate of drug-likeness (QED) is 0.645. The standard InChI is InChI=1S/C16H19NO4/c1-2-3-4-7-10-17-12-9-6-5-8-11(12)14(18)13(15(17)19)16(20)21/h5-6,8-9,13H,2-4,7,10H2,1H3,(H,20,21)/t13-/m0/s1. The molecule has 1 aromatic carbocycles. The predicted octanol–water partition coefficient (Wildman–Crippen LogP) is 2.50. The lowest BCUT2D eigenvalue weighted by atomic mass is 9.90. The number of carboxylic acid groups (broad SMARTS) is 1. The molecular formula is C16H19NO4. The van der Waals surface area contributed by atoms with E-state index in [1.165, 1.54) is 4.90 Å². The Morgan fingerprint density at radius 3 is 2.57 bits per heavy atom. The van der Waals surface area contributed by atoms with Gasteiger partial charge in [0.25, 0.3) is 0 Å². The van der Waals surface area contributed by atoms with E-state index in [1.807, 2.05) is 0 Å². The number of para-hydroxylation sites is 1. The Labute approximate surface area is 123 Å². The van der Waals surface area contributed by atoms with Crippen molar-refractivity contribution in [2.45, 2.75) is 32.6 Å². The average Bonchev–Trinajstić information content (AvgIpc) is 2.46. The number of carbonyl (C=O) groups is 3. The summed E-state index contributed by atoms with van der Waals surface area (Å²) in [5, 5.41) is 9.16. The minimum atomic E-state index is -1.61. The second-order valence-electron chi connectivity index (χ2n) is 5.20. The number of fused-ring (bicyclic) bond motifs is 1. The smallest absolute Gasteiger partial charge is 0.324 e. The number of Topliss-reactive ketones (excluding diaryl/α,β-unsaturated/α-hetero) is 1. The van der Waals surface area contributed by atoms with E-state index in [0.717, 1.165) is 25.7 Å². The van der Waals surface area contributed by atoms with Crippen LogP contribution >= 0.6 is 0 Å². The molecule has 21 heavy (non-hydrogen) atoms. The fourth-order valence-electron chi connectivity index (χ4n) is 2.60. The van der Waals surface area contributed by atoms with Crippen molar-refractivity contribution in [3.8, 4) is 0 Å². The summed E-state index contributed by atoms with van der Waals surface area (Å²) >= 11 is 0. The van der Waals surface area contributed by atoms with Crippen LogP contribution < -0.4 is 4.90 Å². The molecule has 2 rings (SSSR count). The number of nitrogens with zero attached hydrogens (tertiary/aromatic N) is 1. The molecule has 0 radical (unpaired) electrons. The molecule has 0 saturated heterocycles. The van der Waals surface area contributed by atoms with Crippen LogP contribution in [0, 0.1) is 5.92 Å². The molecule has 5 heteroatoms. The van der Waals surface area contributed by atoms with E-state index in [0.29, 0.717) is 17.8 Å². The summed E-state index contributed by atoms with van der Waals surface area (Å²) < 4.78 is 0. The van der Waals surface area contributed by atoms with Crippen LogP contribution in [0.1, 0.15) is 43.0 Å². The highest BCUT2D eigenvalue weighted by atomic mass is 16.4. The second-order valence-corrected chi connectivity index (χ2v) is 5.20. The van der Waals surface area contributed by atoms with Gasteiger partial charge in [-0.15, -0.1) is 0 Å². The first-order chi connectivity index (χ1) is 10.1. The van der Waals surface area contributed by atoms with Crippen molar-refractivity contribution < 1.29 is 19.5 Å². The van der Waals surface area contributed by atoms with Gasteiger partial charge in [-0.05, 0) is 18.6 Å². The van der Waals surface area contributed by atoms with Crippen LogP contribution in [0.15, 0.2) is 24.3 Å². The molecule has 1 atom stereocenters. The maximum atomic E-state index is 12.3. The number of carbonyl (C=O) groups excluding carboxylic acids is 2. The summed E-state index contributed by atoms with van der Waals surface area (Å²) in [7, 11) is 0. The van der Waals surface area contributed by atoms with Gasteiger partial charge in [0.05, 0.1) is 5.69 Å². The topological polar surface area (TPSA) is 74.7 Å². The molecule has 1 aliphatic heterocycles. The van der Waals surface area contributed by atoms with E-state index in [1.54, 1.807) is 24.3 Å². The first kappa shape index (κ1) is 15.2. The molecule has 0 unspecified atom stereocenters. The minimum Gasteiger partial charge on any atom is -0.480 e. The van der Waals surface area contributed by atoms with Gasteiger partial charge in [-0.2, -0.15) is 0 Å². The Morgan fingerprint density at radius 1 is 1.19 bits per heavy atom. The number of hydrogen-bond donors (Lipinski definition) is 1. The van der Waals surface area contributed by atoms with Gasteiger partial charge in [-0.1, -0.05) is 38.3 Å². The summed E-state index contributed by atoms with van der Waals surface area (Å²) in [6.45, 7) is 2.55. The van der Waals surface area contributed by atoms with Crippen molar-refractivity contribution in [2.75, 3.05) is 11.4 Å². The fourth-order valence-corrected chi connectivity index (χ4v) is 2.60. The number of anilines is 1. The third-order valence-corrected chi connectivity index (χ3v) is 3.72. The zero-order chi connectivity index (χ0) is 15.4. The van der Waals surface area contributed by atoms with Crippen LogP contribution in [-0.4, -0.2) is 29.3 Å². The number of rotatable bonds is 6. The highest BCUT2D eigenvalue weighted by Crippen LogP contribution is 2.31. The Morgan fingerprint density at radius 2 is 1.90 bits per heavy atom. The van der Waals surface area contributed by atoms with Crippen LogP contribution in [0.4, 0.5) is 5.69 Å². The minimum absolute atomic E-state index is 0.319.